The number of hydrogen-bond acceptors (Lipinski definition) is 6. The van der Waals surface area contributed by atoms with E-state index in [1.807, 2.05) is 38.6 Å². The Kier molecular flexibility index (Phi) is 5.99. The van der Waals surface area contributed by atoms with Crippen molar-refractivity contribution in [3.8, 4) is 22.6 Å². The minimum Gasteiger partial charge on any atom is -0.306 e. The Morgan fingerprint density at radius 1 is 1.12 bits per heavy atom. The van der Waals surface area contributed by atoms with E-state index < -0.39 is 11.7 Å². The van der Waals surface area contributed by atoms with Gasteiger partial charge in [-0.05, 0) is 80.4 Å². The van der Waals surface area contributed by atoms with Gasteiger partial charge in [0.15, 0.2) is 0 Å². The first-order chi connectivity index (χ1) is 15.7. The molecule has 1 amide bonds. The maximum absolute atomic E-state index is 14.7. The number of amides is 1. The van der Waals surface area contributed by atoms with Gasteiger partial charge in [-0.3, -0.25) is 9.48 Å². The fourth-order valence-corrected chi connectivity index (χ4v) is 3.44. The van der Waals surface area contributed by atoms with Gasteiger partial charge in [-0.1, -0.05) is 6.07 Å². The Bertz CT molecular complexity index is 1310. The van der Waals surface area contributed by atoms with E-state index in [1.165, 1.54) is 6.07 Å². The van der Waals surface area contributed by atoms with E-state index in [9.17, 15) is 9.18 Å². The van der Waals surface area contributed by atoms with E-state index in [0.717, 1.165) is 11.1 Å². The molecule has 0 fully saturated rings. The molecule has 1 aromatic carbocycles. The number of carbonyl (C=O) groups excluding carboxylic acids is 1. The molecule has 3 aromatic heterocycles. The van der Waals surface area contributed by atoms with Gasteiger partial charge in [0.2, 0.25) is 5.82 Å². The van der Waals surface area contributed by atoms with Crippen LogP contribution in [0.25, 0.3) is 22.6 Å². The molecule has 4 aromatic rings. The second-order valence-corrected chi connectivity index (χ2v) is 8.35. The van der Waals surface area contributed by atoms with Gasteiger partial charge in [-0.15, -0.1) is 5.10 Å². The number of nitrogens with one attached hydrogen (secondary N) is 1. The van der Waals surface area contributed by atoms with Crippen LogP contribution in [-0.2, 0) is 0 Å². The largest absolute Gasteiger partial charge is 0.306 e. The quantitative estimate of drug-likeness (QED) is 0.467. The summed E-state index contributed by atoms with van der Waals surface area (Å²) < 4.78 is 18.2. The van der Waals surface area contributed by atoms with E-state index in [2.05, 4.69) is 30.9 Å². The maximum atomic E-state index is 14.7. The smallest absolute Gasteiger partial charge is 0.259 e. The van der Waals surface area contributed by atoms with Crippen molar-refractivity contribution in [2.45, 2.75) is 46.7 Å². The second-order valence-electron chi connectivity index (χ2n) is 8.35. The summed E-state index contributed by atoms with van der Waals surface area (Å²) in [7, 11) is 0. The lowest BCUT2D eigenvalue weighted by Crippen LogP contribution is -2.15. The summed E-state index contributed by atoms with van der Waals surface area (Å²) >= 11 is 0. The number of anilines is 1. The lowest BCUT2D eigenvalue weighted by atomic mass is 9.99. The summed E-state index contributed by atoms with van der Waals surface area (Å²) in [6.45, 7) is 9.75. The molecule has 33 heavy (non-hydrogen) atoms. The van der Waals surface area contributed by atoms with Gasteiger partial charge in [-0.25, -0.2) is 14.1 Å². The maximum Gasteiger partial charge on any atom is 0.259 e. The molecule has 1 N–H and O–H groups in total. The monoisotopic (exact) mass is 448 g/mol. The summed E-state index contributed by atoms with van der Waals surface area (Å²) in [4.78, 5) is 17.4. The number of pyridine rings is 1. The van der Waals surface area contributed by atoms with Crippen LogP contribution < -0.4 is 5.32 Å². The van der Waals surface area contributed by atoms with Crippen LogP contribution in [0, 0.1) is 12.7 Å². The number of aryl methyl sites for hydroxylation is 1. The van der Waals surface area contributed by atoms with E-state index in [-0.39, 0.29) is 23.5 Å². The molecular formula is C23H25FN8O. The zero-order chi connectivity index (χ0) is 23.7. The standard InChI is InChI=1S/C23H25FN8O/c1-13(2)31-12-16(11-25-31)17-10-18(19(24)9-15(17)5)23(33)27-21-8-6-7-20(26-21)22-28-29-30-32(22)14(3)4/h6-14H,1-5H3,(H,26,27,33). The third-order valence-corrected chi connectivity index (χ3v) is 5.20. The number of rotatable bonds is 6. The number of nitrogens with zero attached hydrogens (tertiary/aromatic N) is 7. The summed E-state index contributed by atoms with van der Waals surface area (Å²) in [6.07, 6.45) is 3.60. The molecule has 170 valence electrons. The molecule has 0 saturated heterocycles. The van der Waals surface area contributed by atoms with Crippen LogP contribution in [0.15, 0.2) is 42.7 Å². The third-order valence-electron chi connectivity index (χ3n) is 5.20. The molecule has 0 aliphatic rings. The van der Waals surface area contributed by atoms with Crippen molar-refractivity contribution >= 4 is 11.7 Å². The van der Waals surface area contributed by atoms with Crippen molar-refractivity contribution in [3.05, 3.63) is 59.7 Å². The molecule has 3 heterocycles. The minimum absolute atomic E-state index is 0.0372. The number of halogens is 1. The Morgan fingerprint density at radius 3 is 2.61 bits per heavy atom. The average Bonchev–Trinajstić information content (AvgIpc) is 3.44. The highest BCUT2D eigenvalue weighted by Gasteiger charge is 2.18. The number of benzene rings is 1. The van der Waals surface area contributed by atoms with Gasteiger partial charge in [-0.2, -0.15) is 5.10 Å². The van der Waals surface area contributed by atoms with E-state index >= 15 is 0 Å². The van der Waals surface area contributed by atoms with E-state index in [0.29, 0.717) is 17.1 Å². The molecule has 0 aliphatic heterocycles. The lowest BCUT2D eigenvalue weighted by molar-refractivity contribution is 0.102. The molecule has 9 nitrogen and oxygen atoms in total. The average molecular weight is 449 g/mol. The van der Waals surface area contributed by atoms with Crippen LogP contribution in [0.1, 0.15) is 55.7 Å². The van der Waals surface area contributed by atoms with E-state index in [1.54, 1.807) is 42.1 Å². The molecule has 0 saturated carbocycles. The van der Waals surface area contributed by atoms with Crippen molar-refractivity contribution in [2.24, 2.45) is 0 Å². The molecule has 0 atom stereocenters. The Hall–Kier alpha value is -3.95. The summed E-state index contributed by atoms with van der Waals surface area (Å²) in [5.41, 5.74) is 2.69. The van der Waals surface area contributed by atoms with Crippen LogP contribution in [0.4, 0.5) is 10.2 Å². The van der Waals surface area contributed by atoms with Gasteiger partial charge in [0.25, 0.3) is 5.91 Å². The normalized spacial score (nSPS) is 11.4. The van der Waals surface area contributed by atoms with Crippen molar-refractivity contribution in [2.75, 3.05) is 5.32 Å². The predicted octanol–water partition coefficient (Wildman–Crippen LogP) is 4.46. The lowest BCUT2D eigenvalue weighted by Gasteiger charge is -2.11. The third kappa shape index (κ3) is 4.50. The highest BCUT2D eigenvalue weighted by atomic mass is 19.1. The fourth-order valence-electron chi connectivity index (χ4n) is 3.44. The first-order valence-electron chi connectivity index (χ1n) is 10.7. The first-order valence-corrected chi connectivity index (χ1v) is 10.7. The Labute approximate surface area is 190 Å². The zero-order valence-corrected chi connectivity index (χ0v) is 19.1. The summed E-state index contributed by atoms with van der Waals surface area (Å²) in [6, 6.07) is 8.24. The second kappa shape index (κ2) is 8.89. The van der Waals surface area contributed by atoms with Crippen LogP contribution in [0.5, 0.6) is 0 Å². The number of hydrogen-bond donors (Lipinski definition) is 1. The molecule has 0 unspecified atom stereocenters. The molecule has 0 spiro atoms. The molecular weight excluding hydrogens is 423 g/mol. The highest BCUT2D eigenvalue weighted by molar-refractivity contribution is 6.05. The van der Waals surface area contributed by atoms with E-state index in [4.69, 9.17) is 0 Å². The topological polar surface area (TPSA) is 103 Å². The molecule has 10 heteroatoms. The van der Waals surface area contributed by atoms with Crippen molar-refractivity contribution < 1.29 is 9.18 Å². The summed E-state index contributed by atoms with van der Waals surface area (Å²) in [5, 5.41) is 18.7. The Morgan fingerprint density at radius 2 is 1.91 bits per heavy atom. The molecule has 0 bridgehead atoms. The van der Waals surface area contributed by atoms with Crippen LogP contribution in [-0.4, -0.2) is 40.9 Å². The molecule has 0 radical (unpaired) electrons. The summed E-state index contributed by atoms with van der Waals surface area (Å²) in [5.74, 6) is -0.458. The van der Waals surface area contributed by atoms with Crippen molar-refractivity contribution in [3.63, 3.8) is 0 Å². The van der Waals surface area contributed by atoms with Crippen LogP contribution in [0.3, 0.4) is 0 Å². The van der Waals surface area contributed by atoms with Crippen LogP contribution >= 0.6 is 0 Å². The minimum atomic E-state index is -0.607. The number of tetrazole rings is 1. The first kappa shape index (κ1) is 22.3. The highest BCUT2D eigenvalue weighted by Crippen LogP contribution is 2.27. The molecule has 0 aliphatic carbocycles. The Balaban J connectivity index is 1.63. The van der Waals surface area contributed by atoms with Gasteiger partial charge < -0.3 is 5.32 Å². The number of carbonyl (C=O) groups is 1. The predicted molar refractivity (Wildman–Crippen MR) is 122 cm³/mol. The zero-order valence-electron chi connectivity index (χ0n) is 19.1. The van der Waals surface area contributed by atoms with Gasteiger partial charge in [0, 0.05) is 17.8 Å². The van der Waals surface area contributed by atoms with Crippen molar-refractivity contribution in [1.29, 1.82) is 0 Å². The van der Waals surface area contributed by atoms with Crippen LogP contribution in [0.2, 0.25) is 0 Å². The van der Waals surface area contributed by atoms with Gasteiger partial charge >= 0.3 is 0 Å². The van der Waals surface area contributed by atoms with Gasteiger partial charge in [0.1, 0.15) is 17.3 Å². The SMILES string of the molecule is Cc1cc(F)c(C(=O)Nc2cccc(-c3nnnn3C(C)C)n2)cc1-c1cnn(C(C)C)c1. The van der Waals surface area contributed by atoms with Gasteiger partial charge in [0.05, 0.1) is 17.8 Å². The van der Waals surface area contributed by atoms with Crippen molar-refractivity contribution in [1.82, 2.24) is 35.0 Å². The number of aromatic nitrogens is 7. The molecule has 4 rings (SSSR count). The fraction of sp³-hybridized carbons (Fsp3) is 0.304.